The van der Waals surface area contributed by atoms with Crippen LogP contribution in [0.2, 0.25) is 0 Å². The standard InChI is InChI=1S/C29H31FN4O5/c1-4-29(38)18-10-22-26-16(12-34(22)27(36)17(18)13-39-28(29)37)25-21(33(3)23(35)6-5-9-31)8-7-15-14(2)19(30)11-20(32-26)24(15)25/h10-11,21,38H,4-9,12-13,31H2,1-3H3/t21-,29-/m0/s1. The fraction of sp³-hybridized carbons (Fsp3) is 0.448. The summed E-state index contributed by atoms with van der Waals surface area (Å²) in [5, 5.41) is 12.0. The van der Waals surface area contributed by atoms with Crippen LogP contribution >= 0.6 is 0 Å². The number of rotatable bonds is 5. The Morgan fingerprint density at radius 2 is 2.08 bits per heavy atom. The molecule has 2 atom stereocenters. The largest absolute Gasteiger partial charge is 0.458 e. The number of nitrogens with two attached hydrogens (primary N) is 1. The first-order valence-electron chi connectivity index (χ1n) is 13.4. The number of ether oxygens (including phenoxy) is 1. The summed E-state index contributed by atoms with van der Waals surface area (Å²) in [4.78, 5) is 45.9. The van der Waals surface area contributed by atoms with Crippen molar-refractivity contribution < 1.29 is 23.8 Å². The lowest BCUT2D eigenvalue weighted by atomic mass is 9.81. The number of carbonyl (C=O) groups excluding carboxylic acids is 2. The van der Waals surface area contributed by atoms with Gasteiger partial charge in [0.1, 0.15) is 12.4 Å². The van der Waals surface area contributed by atoms with Gasteiger partial charge in [-0.25, -0.2) is 14.2 Å². The van der Waals surface area contributed by atoms with Gasteiger partial charge in [0.05, 0.1) is 35.1 Å². The zero-order chi connectivity index (χ0) is 27.8. The number of hydrogen-bond donors (Lipinski definition) is 2. The van der Waals surface area contributed by atoms with E-state index in [1.54, 1.807) is 36.4 Å². The number of aliphatic hydroxyl groups is 1. The lowest BCUT2D eigenvalue weighted by molar-refractivity contribution is -0.172. The number of benzene rings is 1. The second-order valence-electron chi connectivity index (χ2n) is 10.8. The topological polar surface area (TPSA) is 128 Å². The third-order valence-electron chi connectivity index (χ3n) is 8.80. The molecule has 0 saturated carbocycles. The zero-order valence-electron chi connectivity index (χ0n) is 22.3. The van der Waals surface area contributed by atoms with Crippen LogP contribution in [0.3, 0.4) is 0 Å². The van der Waals surface area contributed by atoms with E-state index in [4.69, 9.17) is 15.5 Å². The Bertz CT molecular complexity index is 1650. The summed E-state index contributed by atoms with van der Waals surface area (Å²) in [6.45, 7) is 3.82. The highest BCUT2D eigenvalue weighted by molar-refractivity contribution is 5.94. The molecule has 2 aliphatic heterocycles. The van der Waals surface area contributed by atoms with E-state index in [-0.39, 0.29) is 54.0 Å². The van der Waals surface area contributed by atoms with Crippen molar-refractivity contribution >= 4 is 22.8 Å². The number of aryl methyl sites for hydroxylation is 1. The van der Waals surface area contributed by atoms with Gasteiger partial charge < -0.3 is 25.0 Å². The highest BCUT2D eigenvalue weighted by Crippen LogP contribution is 2.47. The highest BCUT2D eigenvalue weighted by Gasteiger charge is 2.46. The van der Waals surface area contributed by atoms with Gasteiger partial charge in [0.15, 0.2) is 5.60 Å². The molecule has 0 fully saturated rings. The van der Waals surface area contributed by atoms with E-state index in [2.05, 4.69) is 0 Å². The lowest BCUT2D eigenvalue weighted by Crippen LogP contribution is -2.44. The average molecular weight is 535 g/mol. The first-order chi connectivity index (χ1) is 18.6. The lowest BCUT2D eigenvalue weighted by Gasteiger charge is -2.35. The number of fused-ring (bicyclic) bond motifs is 5. The van der Waals surface area contributed by atoms with E-state index in [0.29, 0.717) is 54.7 Å². The minimum absolute atomic E-state index is 0.0294. The van der Waals surface area contributed by atoms with E-state index in [1.165, 1.54) is 6.07 Å². The van der Waals surface area contributed by atoms with Gasteiger partial charge in [-0.2, -0.15) is 0 Å². The molecule has 39 heavy (non-hydrogen) atoms. The van der Waals surface area contributed by atoms with Crippen LogP contribution < -0.4 is 11.3 Å². The Morgan fingerprint density at radius 1 is 1.31 bits per heavy atom. The van der Waals surface area contributed by atoms with Gasteiger partial charge in [0.25, 0.3) is 5.56 Å². The monoisotopic (exact) mass is 534 g/mol. The maximum atomic E-state index is 15.0. The van der Waals surface area contributed by atoms with E-state index >= 15 is 4.39 Å². The smallest absolute Gasteiger partial charge is 0.343 e. The number of hydrogen-bond acceptors (Lipinski definition) is 7. The minimum atomic E-state index is -1.94. The summed E-state index contributed by atoms with van der Waals surface area (Å²) in [7, 11) is 1.78. The van der Waals surface area contributed by atoms with Crippen molar-refractivity contribution in [1.82, 2.24) is 14.5 Å². The average Bonchev–Trinajstić information content (AvgIpc) is 3.30. The molecule has 9 nitrogen and oxygen atoms in total. The van der Waals surface area contributed by atoms with Crippen LogP contribution in [0.15, 0.2) is 16.9 Å². The molecule has 3 N–H and O–H groups in total. The van der Waals surface area contributed by atoms with Gasteiger partial charge in [-0.1, -0.05) is 6.92 Å². The molecule has 4 heterocycles. The van der Waals surface area contributed by atoms with E-state index < -0.39 is 11.6 Å². The van der Waals surface area contributed by atoms with Crippen LogP contribution in [0.25, 0.3) is 22.3 Å². The molecule has 1 aromatic carbocycles. The van der Waals surface area contributed by atoms with Gasteiger partial charge in [-0.15, -0.1) is 0 Å². The van der Waals surface area contributed by atoms with Crippen molar-refractivity contribution in [1.29, 1.82) is 0 Å². The number of carbonyl (C=O) groups is 2. The molecule has 1 aliphatic carbocycles. The quantitative estimate of drug-likeness (QED) is 0.377. The summed E-state index contributed by atoms with van der Waals surface area (Å²) in [5.74, 6) is -1.18. The first kappa shape index (κ1) is 25.6. The predicted molar refractivity (Wildman–Crippen MR) is 141 cm³/mol. The third-order valence-corrected chi connectivity index (χ3v) is 8.80. The number of aromatic nitrogens is 2. The molecule has 2 aromatic heterocycles. The molecule has 1 amide bonds. The van der Waals surface area contributed by atoms with Gasteiger partial charge in [0.2, 0.25) is 5.91 Å². The SMILES string of the molecule is CC[C@@]1(O)C(=O)OCc2c1cc1n(c2=O)Cc2c-1nc1cc(F)c(C)c3c1c2[C@@H](N(C)C(=O)CCCN)CC3. The van der Waals surface area contributed by atoms with Gasteiger partial charge in [-0.3, -0.25) is 9.59 Å². The van der Waals surface area contributed by atoms with Crippen molar-refractivity contribution in [2.75, 3.05) is 13.6 Å². The maximum absolute atomic E-state index is 15.0. The van der Waals surface area contributed by atoms with Gasteiger partial charge in [-0.05, 0) is 61.9 Å². The van der Waals surface area contributed by atoms with Crippen LogP contribution in [0.5, 0.6) is 0 Å². The van der Waals surface area contributed by atoms with Crippen LogP contribution in [0.1, 0.15) is 72.0 Å². The molecular formula is C29H31FN4O5. The van der Waals surface area contributed by atoms with E-state index in [1.807, 2.05) is 0 Å². The normalized spacial score (nSPS) is 20.9. The number of nitrogens with zero attached hydrogens (tertiary/aromatic N) is 3. The van der Waals surface area contributed by atoms with Crippen molar-refractivity contribution in [3.8, 4) is 11.4 Å². The van der Waals surface area contributed by atoms with Crippen molar-refractivity contribution in [2.24, 2.45) is 5.73 Å². The van der Waals surface area contributed by atoms with Gasteiger partial charge >= 0.3 is 5.97 Å². The van der Waals surface area contributed by atoms with Crippen LogP contribution in [-0.4, -0.2) is 45.0 Å². The summed E-state index contributed by atoms with van der Waals surface area (Å²) >= 11 is 0. The summed E-state index contributed by atoms with van der Waals surface area (Å²) < 4.78 is 21.8. The zero-order valence-corrected chi connectivity index (χ0v) is 22.3. The Kier molecular flexibility index (Phi) is 5.89. The number of halogens is 1. The van der Waals surface area contributed by atoms with E-state index in [0.717, 1.165) is 22.1 Å². The second-order valence-corrected chi connectivity index (χ2v) is 10.8. The van der Waals surface area contributed by atoms with Crippen molar-refractivity contribution in [3.05, 3.63) is 61.7 Å². The molecule has 10 heteroatoms. The highest BCUT2D eigenvalue weighted by atomic mass is 19.1. The summed E-state index contributed by atoms with van der Waals surface area (Å²) in [6.07, 6.45) is 2.14. The molecule has 0 unspecified atom stereocenters. The molecular weight excluding hydrogens is 503 g/mol. The second kappa shape index (κ2) is 8.96. The minimum Gasteiger partial charge on any atom is -0.458 e. The van der Waals surface area contributed by atoms with Crippen molar-refractivity contribution in [3.63, 3.8) is 0 Å². The molecule has 0 spiro atoms. The summed E-state index contributed by atoms with van der Waals surface area (Å²) in [5.41, 5.74) is 8.32. The van der Waals surface area contributed by atoms with Crippen LogP contribution in [0, 0.1) is 12.7 Å². The Labute approximate surface area is 224 Å². The fourth-order valence-electron chi connectivity index (χ4n) is 6.52. The molecule has 0 saturated heterocycles. The van der Waals surface area contributed by atoms with Crippen LogP contribution in [-0.2, 0) is 39.5 Å². The van der Waals surface area contributed by atoms with E-state index in [9.17, 15) is 19.5 Å². The number of amides is 1. The summed E-state index contributed by atoms with van der Waals surface area (Å²) in [6, 6.07) is 2.77. The molecule has 0 bridgehead atoms. The molecule has 0 radical (unpaired) electrons. The van der Waals surface area contributed by atoms with Crippen LogP contribution in [0.4, 0.5) is 4.39 Å². The third kappa shape index (κ3) is 3.50. The number of cyclic esters (lactones) is 1. The Morgan fingerprint density at radius 3 is 2.79 bits per heavy atom. The Hall–Kier alpha value is -3.63. The van der Waals surface area contributed by atoms with Crippen molar-refractivity contribution in [2.45, 2.75) is 70.7 Å². The molecule has 3 aromatic rings. The Balaban J connectivity index is 1.62. The number of pyridine rings is 2. The van der Waals surface area contributed by atoms with Gasteiger partial charge in [0, 0.05) is 36.0 Å². The molecule has 3 aliphatic rings. The predicted octanol–water partition coefficient (Wildman–Crippen LogP) is 2.71. The number of esters is 1. The molecule has 204 valence electrons. The first-order valence-corrected chi connectivity index (χ1v) is 13.4. The maximum Gasteiger partial charge on any atom is 0.343 e. The molecule has 6 rings (SSSR count). The fourth-order valence-corrected chi connectivity index (χ4v) is 6.52.